The molecule has 0 bridgehead atoms. The molecule has 8 heteroatoms. The van der Waals surface area contributed by atoms with Gasteiger partial charge in [-0.2, -0.15) is 0 Å². The molecular weight excluding hydrogens is 263 g/mol. The van der Waals surface area contributed by atoms with Gasteiger partial charge in [-0.1, -0.05) is 9.05 Å². The molecule has 2 rings (SSSR count). The van der Waals surface area contributed by atoms with E-state index in [4.69, 9.17) is 28.7 Å². The number of hydrogen-bond donors (Lipinski definition) is 2. The predicted molar refractivity (Wildman–Crippen MR) is 59.8 cm³/mol. The van der Waals surface area contributed by atoms with Crippen LogP contribution in [0.5, 0.6) is 0 Å². The van der Waals surface area contributed by atoms with Gasteiger partial charge in [0.1, 0.15) is 0 Å². The van der Waals surface area contributed by atoms with Gasteiger partial charge < -0.3 is 19.7 Å². The maximum Gasteiger partial charge on any atom is 0.702 e. The van der Waals surface area contributed by atoms with Crippen LogP contribution in [0.4, 0.5) is 0 Å². The summed E-state index contributed by atoms with van der Waals surface area (Å²) < 4.78 is 31.3. The second-order valence-corrected chi connectivity index (χ2v) is 5.65. The number of rotatable bonds is 10. The largest absolute Gasteiger partial charge is 0.702 e. The zero-order valence-corrected chi connectivity index (χ0v) is 10.9. The van der Waals surface area contributed by atoms with Crippen molar-refractivity contribution in [1.82, 2.24) is 0 Å². The zero-order chi connectivity index (χ0) is 13.1. The molecule has 0 aliphatic heterocycles. The number of hydrogen-bond acceptors (Lipinski definition) is 7. The lowest BCUT2D eigenvalue weighted by Crippen LogP contribution is -2.21. The normalized spacial score (nSPS) is 22.8. The van der Waals surface area contributed by atoms with Crippen molar-refractivity contribution in [2.75, 3.05) is 26.8 Å². The van der Waals surface area contributed by atoms with Gasteiger partial charge in [0, 0.05) is 4.57 Å². The molecule has 2 aliphatic carbocycles. The molecule has 0 saturated heterocycles. The SMILES string of the molecule is O=[P+](OCOC1(CO)CC1)OCOC1(CO)CC1. The molecule has 0 aromatic carbocycles. The molecule has 0 aromatic rings. The van der Waals surface area contributed by atoms with Crippen LogP contribution in [0.2, 0.25) is 0 Å². The molecule has 104 valence electrons. The van der Waals surface area contributed by atoms with E-state index in [1.807, 2.05) is 0 Å². The maximum absolute atomic E-state index is 11.3. The highest BCUT2D eigenvalue weighted by molar-refractivity contribution is 7.33. The summed E-state index contributed by atoms with van der Waals surface area (Å²) in [5.41, 5.74) is -0.997. The molecule has 0 radical (unpaired) electrons. The summed E-state index contributed by atoms with van der Waals surface area (Å²) in [6.45, 7) is -0.478. The topological polar surface area (TPSA) is 94.5 Å². The average Bonchev–Trinajstić information content (AvgIpc) is 3.25. The summed E-state index contributed by atoms with van der Waals surface area (Å²) in [5.74, 6) is 0. The standard InChI is InChI=1S/C10H18O7P/c11-5-9(1-2-9)14-7-16-18(13)17-8-15-10(6-12)3-4-10/h11-12H,1-8H2/q+1. The Morgan fingerprint density at radius 1 is 0.889 bits per heavy atom. The fourth-order valence-electron chi connectivity index (χ4n) is 1.40. The van der Waals surface area contributed by atoms with E-state index in [1.165, 1.54) is 0 Å². The predicted octanol–water partition coefficient (Wildman–Crippen LogP) is 0.675. The van der Waals surface area contributed by atoms with Crippen LogP contribution in [-0.4, -0.2) is 48.2 Å². The summed E-state index contributed by atoms with van der Waals surface area (Å²) in [5, 5.41) is 17.9. The molecule has 0 aromatic heterocycles. The number of ether oxygens (including phenoxy) is 2. The Kier molecular flexibility index (Phi) is 4.66. The van der Waals surface area contributed by atoms with E-state index in [2.05, 4.69) is 0 Å². The highest BCUT2D eigenvalue weighted by Crippen LogP contribution is 2.41. The van der Waals surface area contributed by atoms with Crippen LogP contribution < -0.4 is 0 Å². The first-order valence-corrected chi connectivity index (χ1v) is 6.96. The van der Waals surface area contributed by atoms with Gasteiger partial charge in [0.15, 0.2) is 0 Å². The lowest BCUT2D eigenvalue weighted by atomic mass is 10.4. The number of aliphatic hydroxyl groups excluding tert-OH is 2. The molecule has 2 N–H and O–H groups in total. The number of aliphatic hydroxyl groups is 2. The van der Waals surface area contributed by atoms with Gasteiger partial charge in [-0.15, -0.1) is 0 Å². The van der Waals surface area contributed by atoms with E-state index >= 15 is 0 Å². The summed E-state index contributed by atoms with van der Waals surface area (Å²) >= 11 is 0. The zero-order valence-electron chi connectivity index (χ0n) is 10.0. The van der Waals surface area contributed by atoms with Crippen molar-refractivity contribution >= 4 is 8.25 Å². The van der Waals surface area contributed by atoms with Gasteiger partial charge in [-0.05, 0) is 25.7 Å². The Morgan fingerprint density at radius 2 is 1.28 bits per heavy atom. The highest BCUT2D eigenvalue weighted by atomic mass is 31.1. The van der Waals surface area contributed by atoms with Gasteiger partial charge in [0.2, 0.25) is 13.6 Å². The minimum Gasteiger partial charge on any atom is -0.393 e. The van der Waals surface area contributed by atoms with Crippen LogP contribution >= 0.6 is 8.25 Å². The molecule has 2 fully saturated rings. The fourth-order valence-corrected chi connectivity index (χ4v) is 1.75. The molecule has 0 unspecified atom stereocenters. The monoisotopic (exact) mass is 281 g/mol. The molecule has 18 heavy (non-hydrogen) atoms. The third kappa shape index (κ3) is 3.93. The molecule has 0 atom stereocenters. The lowest BCUT2D eigenvalue weighted by Gasteiger charge is -2.10. The lowest BCUT2D eigenvalue weighted by molar-refractivity contribution is -0.0929. The first-order chi connectivity index (χ1) is 8.64. The first kappa shape index (κ1) is 14.3. The van der Waals surface area contributed by atoms with Crippen molar-refractivity contribution in [3.05, 3.63) is 0 Å². The second-order valence-electron chi connectivity index (χ2n) is 4.69. The van der Waals surface area contributed by atoms with E-state index < -0.39 is 19.5 Å². The summed E-state index contributed by atoms with van der Waals surface area (Å²) in [6.07, 6.45) is 3.14. The van der Waals surface area contributed by atoms with E-state index in [0.717, 1.165) is 25.7 Å². The smallest absolute Gasteiger partial charge is 0.393 e. The molecule has 7 nitrogen and oxygen atoms in total. The Labute approximate surface area is 106 Å². The van der Waals surface area contributed by atoms with Gasteiger partial charge in [-0.3, -0.25) is 0 Å². The van der Waals surface area contributed by atoms with Gasteiger partial charge in [-0.25, -0.2) is 0 Å². The van der Waals surface area contributed by atoms with Crippen LogP contribution in [0.15, 0.2) is 0 Å². The van der Waals surface area contributed by atoms with E-state index in [0.29, 0.717) is 0 Å². The van der Waals surface area contributed by atoms with Crippen molar-refractivity contribution in [2.24, 2.45) is 0 Å². The van der Waals surface area contributed by atoms with Gasteiger partial charge in [0.05, 0.1) is 24.4 Å². The summed E-state index contributed by atoms with van der Waals surface area (Å²) in [6, 6.07) is 0. The van der Waals surface area contributed by atoms with Crippen LogP contribution in [0.3, 0.4) is 0 Å². The molecule has 0 spiro atoms. The molecule has 0 amide bonds. The highest BCUT2D eigenvalue weighted by Gasteiger charge is 2.45. The quantitative estimate of drug-likeness (QED) is 0.449. The first-order valence-electron chi connectivity index (χ1n) is 5.86. The van der Waals surface area contributed by atoms with Crippen molar-refractivity contribution in [3.63, 3.8) is 0 Å². The maximum atomic E-state index is 11.3. The van der Waals surface area contributed by atoms with E-state index in [-0.39, 0.29) is 26.8 Å². The van der Waals surface area contributed by atoms with Crippen molar-refractivity contribution in [1.29, 1.82) is 0 Å². The third-order valence-electron chi connectivity index (χ3n) is 3.24. The van der Waals surface area contributed by atoms with E-state index in [9.17, 15) is 4.57 Å². The molecular formula is C10H18O7P+. The van der Waals surface area contributed by atoms with Crippen LogP contribution in [-0.2, 0) is 23.1 Å². The van der Waals surface area contributed by atoms with E-state index in [1.54, 1.807) is 0 Å². The third-order valence-corrected chi connectivity index (χ3v) is 3.87. The summed E-state index contributed by atoms with van der Waals surface area (Å²) in [7, 11) is -2.30. The average molecular weight is 281 g/mol. The van der Waals surface area contributed by atoms with Crippen LogP contribution in [0.25, 0.3) is 0 Å². The second kappa shape index (κ2) is 5.88. The van der Waals surface area contributed by atoms with Crippen LogP contribution in [0.1, 0.15) is 25.7 Å². The Balaban J connectivity index is 1.50. The minimum atomic E-state index is -2.30. The minimum absolute atomic E-state index is 0.0594. The van der Waals surface area contributed by atoms with Crippen LogP contribution in [0, 0.1) is 0 Å². The van der Waals surface area contributed by atoms with Crippen molar-refractivity contribution < 1.29 is 33.3 Å². The van der Waals surface area contributed by atoms with Gasteiger partial charge in [0.25, 0.3) is 0 Å². The van der Waals surface area contributed by atoms with Crippen molar-refractivity contribution in [3.8, 4) is 0 Å². The summed E-state index contributed by atoms with van der Waals surface area (Å²) in [4.78, 5) is 0. The Bertz CT molecular complexity index is 273. The van der Waals surface area contributed by atoms with Crippen molar-refractivity contribution in [2.45, 2.75) is 36.9 Å². The molecule has 2 aliphatic rings. The molecule has 2 saturated carbocycles. The van der Waals surface area contributed by atoms with Gasteiger partial charge >= 0.3 is 8.25 Å². The Morgan fingerprint density at radius 3 is 1.56 bits per heavy atom. The molecule has 0 heterocycles. The Hall–Kier alpha value is -0.140. The fraction of sp³-hybridized carbons (Fsp3) is 1.00.